The van der Waals surface area contributed by atoms with E-state index in [2.05, 4.69) is 35.4 Å². The molecule has 0 amide bonds. The van der Waals surface area contributed by atoms with Crippen molar-refractivity contribution in [1.29, 1.82) is 0 Å². The highest BCUT2D eigenvalue weighted by Crippen LogP contribution is 2.14. The monoisotopic (exact) mass is 252 g/mol. The Morgan fingerprint density at radius 3 is 2.84 bits per heavy atom. The molecule has 0 spiro atoms. The SMILES string of the molecule is CC(NCc1ccc2ccccc2n1)c1ccco1. The van der Waals surface area contributed by atoms with Crippen LogP contribution in [-0.2, 0) is 6.54 Å². The maximum absolute atomic E-state index is 5.37. The normalized spacial score (nSPS) is 12.7. The third kappa shape index (κ3) is 2.66. The van der Waals surface area contributed by atoms with Crippen molar-refractivity contribution in [3.63, 3.8) is 0 Å². The van der Waals surface area contributed by atoms with Gasteiger partial charge in [0.15, 0.2) is 0 Å². The van der Waals surface area contributed by atoms with E-state index in [1.807, 2.05) is 30.3 Å². The summed E-state index contributed by atoms with van der Waals surface area (Å²) in [7, 11) is 0. The molecule has 1 atom stereocenters. The quantitative estimate of drug-likeness (QED) is 0.769. The number of aromatic nitrogens is 1. The molecule has 0 fully saturated rings. The van der Waals surface area contributed by atoms with Crippen molar-refractivity contribution in [2.75, 3.05) is 0 Å². The molecule has 0 bridgehead atoms. The van der Waals surface area contributed by atoms with Crippen molar-refractivity contribution in [2.24, 2.45) is 0 Å². The zero-order valence-corrected chi connectivity index (χ0v) is 10.8. The molecule has 0 saturated carbocycles. The first-order chi connectivity index (χ1) is 9.33. The summed E-state index contributed by atoms with van der Waals surface area (Å²) in [5.41, 5.74) is 2.07. The summed E-state index contributed by atoms with van der Waals surface area (Å²) in [5, 5.41) is 4.58. The van der Waals surface area contributed by atoms with Crippen LogP contribution in [0.2, 0.25) is 0 Å². The summed E-state index contributed by atoms with van der Waals surface area (Å²) in [6.45, 7) is 2.81. The number of rotatable bonds is 4. The summed E-state index contributed by atoms with van der Waals surface area (Å²) in [4.78, 5) is 4.64. The Balaban J connectivity index is 1.71. The average Bonchev–Trinajstić information content (AvgIpc) is 2.99. The molecule has 1 aromatic carbocycles. The third-order valence-electron chi connectivity index (χ3n) is 3.22. The fourth-order valence-electron chi connectivity index (χ4n) is 2.10. The van der Waals surface area contributed by atoms with Gasteiger partial charge in [-0.3, -0.25) is 4.98 Å². The van der Waals surface area contributed by atoms with E-state index in [4.69, 9.17) is 4.42 Å². The van der Waals surface area contributed by atoms with Gasteiger partial charge < -0.3 is 9.73 Å². The highest BCUT2D eigenvalue weighted by Gasteiger charge is 2.07. The predicted octanol–water partition coefficient (Wildman–Crippen LogP) is 3.68. The van der Waals surface area contributed by atoms with E-state index in [1.54, 1.807) is 6.26 Å². The highest BCUT2D eigenvalue weighted by atomic mass is 16.3. The van der Waals surface area contributed by atoms with Gasteiger partial charge in [-0.2, -0.15) is 0 Å². The first-order valence-corrected chi connectivity index (χ1v) is 6.44. The molecule has 1 unspecified atom stereocenters. The molecule has 0 aliphatic heterocycles. The topological polar surface area (TPSA) is 38.1 Å². The smallest absolute Gasteiger partial charge is 0.120 e. The lowest BCUT2D eigenvalue weighted by Crippen LogP contribution is -2.18. The molecule has 0 saturated heterocycles. The Morgan fingerprint density at radius 1 is 1.11 bits per heavy atom. The molecule has 1 N–H and O–H groups in total. The van der Waals surface area contributed by atoms with Crippen LogP contribution in [0.5, 0.6) is 0 Å². The molecule has 0 radical (unpaired) electrons. The van der Waals surface area contributed by atoms with Crippen molar-refractivity contribution in [2.45, 2.75) is 19.5 Å². The van der Waals surface area contributed by atoms with Crippen LogP contribution in [-0.4, -0.2) is 4.98 Å². The Labute approximate surface area is 112 Å². The number of hydrogen-bond acceptors (Lipinski definition) is 3. The molecule has 0 aliphatic carbocycles. The number of hydrogen-bond donors (Lipinski definition) is 1. The number of benzene rings is 1. The number of para-hydroxylation sites is 1. The van der Waals surface area contributed by atoms with Crippen molar-refractivity contribution in [3.05, 3.63) is 66.2 Å². The molecule has 3 nitrogen and oxygen atoms in total. The van der Waals surface area contributed by atoms with E-state index in [0.29, 0.717) is 0 Å². The van der Waals surface area contributed by atoms with E-state index in [9.17, 15) is 0 Å². The van der Waals surface area contributed by atoms with Gasteiger partial charge in [0.05, 0.1) is 23.5 Å². The summed E-state index contributed by atoms with van der Waals surface area (Å²) >= 11 is 0. The summed E-state index contributed by atoms with van der Waals surface area (Å²) in [5.74, 6) is 0.945. The third-order valence-corrected chi connectivity index (χ3v) is 3.22. The van der Waals surface area contributed by atoms with Gasteiger partial charge in [0.2, 0.25) is 0 Å². The van der Waals surface area contributed by atoms with Crippen LogP contribution in [0.1, 0.15) is 24.4 Å². The molecule has 2 aromatic heterocycles. The average molecular weight is 252 g/mol. The second-order valence-electron chi connectivity index (χ2n) is 4.61. The molecule has 19 heavy (non-hydrogen) atoms. The van der Waals surface area contributed by atoms with Crippen LogP contribution in [0, 0.1) is 0 Å². The minimum Gasteiger partial charge on any atom is -0.468 e. The molecular weight excluding hydrogens is 236 g/mol. The van der Waals surface area contributed by atoms with Gasteiger partial charge in [-0.25, -0.2) is 0 Å². The number of nitrogens with zero attached hydrogens (tertiary/aromatic N) is 1. The van der Waals surface area contributed by atoms with E-state index in [-0.39, 0.29) is 6.04 Å². The van der Waals surface area contributed by atoms with Gasteiger partial charge in [-0.1, -0.05) is 24.3 Å². The molecular formula is C16H16N2O. The van der Waals surface area contributed by atoms with Crippen molar-refractivity contribution >= 4 is 10.9 Å². The molecule has 3 rings (SSSR count). The second-order valence-corrected chi connectivity index (χ2v) is 4.61. The number of fused-ring (bicyclic) bond motifs is 1. The lowest BCUT2D eigenvalue weighted by molar-refractivity contribution is 0.429. The van der Waals surface area contributed by atoms with Gasteiger partial charge in [0, 0.05) is 11.9 Å². The first-order valence-electron chi connectivity index (χ1n) is 6.44. The maximum atomic E-state index is 5.37. The molecule has 3 aromatic rings. The lowest BCUT2D eigenvalue weighted by atomic mass is 10.2. The summed E-state index contributed by atoms with van der Waals surface area (Å²) < 4.78 is 5.37. The minimum atomic E-state index is 0.184. The Bertz CT molecular complexity index is 661. The Kier molecular flexibility index (Phi) is 3.29. The van der Waals surface area contributed by atoms with Gasteiger partial charge in [-0.15, -0.1) is 0 Å². The zero-order chi connectivity index (χ0) is 13.1. The van der Waals surface area contributed by atoms with Crippen LogP contribution in [0.3, 0.4) is 0 Å². The van der Waals surface area contributed by atoms with Crippen LogP contribution >= 0.6 is 0 Å². The van der Waals surface area contributed by atoms with Crippen LogP contribution in [0.4, 0.5) is 0 Å². The fraction of sp³-hybridized carbons (Fsp3) is 0.188. The number of furan rings is 1. The Morgan fingerprint density at radius 2 is 2.00 bits per heavy atom. The van der Waals surface area contributed by atoms with E-state index in [1.165, 1.54) is 5.39 Å². The largest absolute Gasteiger partial charge is 0.468 e. The minimum absolute atomic E-state index is 0.184. The number of pyridine rings is 1. The lowest BCUT2D eigenvalue weighted by Gasteiger charge is -2.11. The van der Waals surface area contributed by atoms with Crippen molar-refractivity contribution in [3.8, 4) is 0 Å². The van der Waals surface area contributed by atoms with Crippen LogP contribution in [0.15, 0.2) is 59.2 Å². The van der Waals surface area contributed by atoms with Crippen molar-refractivity contribution < 1.29 is 4.42 Å². The van der Waals surface area contributed by atoms with Crippen LogP contribution in [0.25, 0.3) is 10.9 Å². The molecule has 96 valence electrons. The predicted molar refractivity (Wildman–Crippen MR) is 75.7 cm³/mol. The second kappa shape index (κ2) is 5.24. The van der Waals surface area contributed by atoms with Crippen molar-refractivity contribution in [1.82, 2.24) is 10.3 Å². The van der Waals surface area contributed by atoms with Gasteiger partial charge in [0.1, 0.15) is 5.76 Å². The molecule has 0 aliphatic rings. The summed E-state index contributed by atoms with van der Waals surface area (Å²) in [6.07, 6.45) is 1.70. The fourth-order valence-corrected chi connectivity index (χ4v) is 2.10. The Hall–Kier alpha value is -2.13. The highest BCUT2D eigenvalue weighted by molar-refractivity contribution is 5.78. The first kappa shape index (κ1) is 11.9. The molecule has 2 heterocycles. The maximum Gasteiger partial charge on any atom is 0.120 e. The van der Waals surface area contributed by atoms with E-state index in [0.717, 1.165) is 23.5 Å². The van der Waals surface area contributed by atoms with Gasteiger partial charge in [0.25, 0.3) is 0 Å². The number of nitrogens with one attached hydrogen (secondary N) is 1. The van der Waals surface area contributed by atoms with Gasteiger partial charge in [-0.05, 0) is 31.2 Å². The zero-order valence-electron chi connectivity index (χ0n) is 10.8. The van der Waals surface area contributed by atoms with Crippen LogP contribution < -0.4 is 5.32 Å². The van der Waals surface area contributed by atoms with E-state index >= 15 is 0 Å². The van der Waals surface area contributed by atoms with Gasteiger partial charge >= 0.3 is 0 Å². The molecule has 3 heteroatoms. The van der Waals surface area contributed by atoms with E-state index < -0.39 is 0 Å². The standard InChI is InChI=1S/C16H16N2O/c1-12(16-7-4-10-19-16)17-11-14-9-8-13-5-2-3-6-15(13)18-14/h2-10,12,17H,11H2,1H3. The summed E-state index contributed by atoms with van der Waals surface area (Å²) in [6, 6.07) is 16.4.